The van der Waals surface area contributed by atoms with Crippen LogP contribution >= 0.6 is 0 Å². The van der Waals surface area contributed by atoms with Crippen molar-refractivity contribution in [2.45, 2.75) is 70.3 Å². The van der Waals surface area contributed by atoms with Gasteiger partial charge in [0.2, 0.25) is 11.8 Å². The Kier molecular flexibility index (Phi) is 4.49. The van der Waals surface area contributed by atoms with E-state index in [0.717, 1.165) is 12.8 Å². The summed E-state index contributed by atoms with van der Waals surface area (Å²) in [4.78, 5) is 27.8. The van der Waals surface area contributed by atoms with Gasteiger partial charge < -0.3 is 9.80 Å². The van der Waals surface area contributed by atoms with Gasteiger partial charge in [0.25, 0.3) is 0 Å². The van der Waals surface area contributed by atoms with Crippen molar-refractivity contribution in [2.24, 2.45) is 0 Å². The summed E-state index contributed by atoms with van der Waals surface area (Å²) < 4.78 is 37.8. The predicted molar refractivity (Wildman–Crippen MR) is 70.4 cm³/mol. The minimum atomic E-state index is -4.34. The number of piperazine rings is 1. The van der Waals surface area contributed by atoms with Crippen LogP contribution in [0.2, 0.25) is 0 Å². The number of carbonyl (C=O) groups excluding carboxylic acids is 2. The van der Waals surface area contributed by atoms with E-state index in [1.165, 1.54) is 11.8 Å². The maximum absolute atomic E-state index is 12.6. The molecule has 7 heteroatoms. The lowest BCUT2D eigenvalue weighted by molar-refractivity contribution is -0.175. The van der Waals surface area contributed by atoms with E-state index in [2.05, 4.69) is 0 Å². The number of hydrogen-bond donors (Lipinski definition) is 0. The average Bonchev–Trinajstić information content (AvgIpc) is 2.40. The van der Waals surface area contributed by atoms with Gasteiger partial charge in [0.05, 0.1) is 6.42 Å². The normalized spacial score (nSPS) is 28.6. The van der Waals surface area contributed by atoms with Crippen LogP contribution in [0.5, 0.6) is 0 Å². The monoisotopic (exact) mass is 306 g/mol. The van der Waals surface area contributed by atoms with Crippen molar-refractivity contribution in [3.63, 3.8) is 0 Å². The maximum atomic E-state index is 12.6. The van der Waals surface area contributed by atoms with Gasteiger partial charge >= 0.3 is 6.18 Å². The lowest BCUT2D eigenvalue weighted by Crippen LogP contribution is -2.67. The molecule has 0 N–H and O–H groups in total. The quantitative estimate of drug-likeness (QED) is 0.803. The molecule has 2 fully saturated rings. The van der Waals surface area contributed by atoms with Crippen LogP contribution in [0.15, 0.2) is 0 Å². The smallest absolute Gasteiger partial charge is 0.329 e. The van der Waals surface area contributed by atoms with Crippen LogP contribution in [0.3, 0.4) is 0 Å². The minimum Gasteiger partial charge on any atom is -0.329 e. The highest BCUT2D eigenvalue weighted by Crippen LogP contribution is 2.32. The molecule has 4 nitrogen and oxygen atoms in total. The summed E-state index contributed by atoms with van der Waals surface area (Å²) in [7, 11) is 0. The maximum Gasteiger partial charge on any atom is 0.391 e. The molecular formula is C14H21F3N2O2. The molecule has 0 aliphatic carbocycles. The number of hydrogen-bond acceptors (Lipinski definition) is 2. The van der Waals surface area contributed by atoms with Crippen molar-refractivity contribution in [1.82, 2.24) is 9.80 Å². The zero-order chi connectivity index (χ0) is 15.8. The van der Waals surface area contributed by atoms with Crippen LogP contribution in [0.1, 0.15) is 46.0 Å². The number of halogens is 3. The van der Waals surface area contributed by atoms with Crippen molar-refractivity contribution in [3.8, 4) is 0 Å². The van der Waals surface area contributed by atoms with E-state index >= 15 is 0 Å². The van der Waals surface area contributed by atoms with Gasteiger partial charge in [-0.1, -0.05) is 6.92 Å². The molecule has 3 unspecified atom stereocenters. The first-order valence-electron chi connectivity index (χ1n) is 7.45. The fourth-order valence-electron chi connectivity index (χ4n) is 3.42. The van der Waals surface area contributed by atoms with Crippen molar-refractivity contribution in [1.29, 1.82) is 0 Å². The fourth-order valence-corrected chi connectivity index (χ4v) is 3.42. The molecule has 2 saturated heterocycles. The van der Waals surface area contributed by atoms with Gasteiger partial charge in [0, 0.05) is 12.6 Å². The summed E-state index contributed by atoms with van der Waals surface area (Å²) in [6, 6.07) is -2.33. The van der Waals surface area contributed by atoms with Gasteiger partial charge in [-0.25, -0.2) is 0 Å². The molecule has 0 aromatic carbocycles. The number of piperidine rings is 1. The van der Waals surface area contributed by atoms with Gasteiger partial charge in [-0.3, -0.25) is 9.59 Å². The molecular weight excluding hydrogens is 285 g/mol. The van der Waals surface area contributed by atoms with Crippen LogP contribution in [0.4, 0.5) is 13.2 Å². The second-order valence-electron chi connectivity index (χ2n) is 5.88. The second kappa shape index (κ2) is 5.85. The van der Waals surface area contributed by atoms with Crippen LogP contribution in [0, 0.1) is 0 Å². The van der Waals surface area contributed by atoms with E-state index in [-0.39, 0.29) is 11.8 Å². The zero-order valence-corrected chi connectivity index (χ0v) is 12.3. The van der Waals surface area contributed by atoms with Crippen molar-refractivity contribution in [3.05, 3.63) is 0 Å². The molecule has 2 rings (SSSR count). The summed E-state index contributed by atoms with van der Waals surface area (Å²) in [6.45, 7) is 3.64. The molecule has 3 atom stereocenters. The first-order valence-corrected chi connectivity index (χ1v) is 7.45. The lowest BCUT2D eigenvalue weighted by atomic mass is 9.92. The Balaban J connectivity index is 2.25. The molecule has 0 radical (unpaired) electrons. The Morgan fingerprint density at radius 2 is 1.90 bits per heavy atom. The van der Waals surface area contributed by atoms with Gasteiger partial charge in [0.15, 0.2) is 0 Å². The Labute approximate surface area is 122 Å². The van der Waals surface area contributed by atoms with E-state index in [4.69, 9.17) is 0 Å². The molecule has 0 aromatic rings. The molecule has 0 spiro atoms. The highest BCUT2D eigenvalue weighted by atomic mass is 19.4. The molecule has 2 aliphatic rings. The summed E-state index contributed by atoms with van der Waals surface area (Å²) in [5.74, 6) is -0.520. The summed E-state index contributed by atoms with van der Waals surface area (Å²) >= 11 is 0. The van der Waals surface area contributed by atoms with E-state index in [1.54, 1.807) is 11.8 Å². The number of fused-ring (bicyclic) bond motifs is 1. The lowest BCUT2D eigenvalue weighted by Gasteiger charge is -2.49. The topological polar surface area (TPSA) is 40.6 Å². The van der Waals surface area contributed by atoms with Crippen LogP contribution in [-0.2, 0) is 9.59 Å². The van der Waals surface area contributed by atoms with Crippen molar-refractivity contribution >= 4 is 11.8 Å². The third-order valence-electron chi connectivity index (χ3n) is 4.33. The number of rotatable bonds is 3. The minimum absolute atomic E-state index is 0.198. The van der Waals surface area contributed by atoms with E-state index < -0.39 is 30.7 Å². The third-order valence-corrected chi connectivity index (χ3v) is 4.33. The molecule has 0 saturated carbocycles. The van der Waals surface area contributed by atoms with Crippen LogP contribution < -0.4 is 0 Å². The number of amides is 2. The van der Waals surface area contributed by atoms with Gasteiger partial charge in [-0.15, -0.1) is 0 Å². The van der Waals surface area contributed by atoms with Gasteiger partial charge in [-0.05, 0) is 32.6 Å². The highest BCUT2D eigenvalue weighted by Gasteiger charge is 2.48. The Bertz CT molecular complexity index is 425. The Hall–Kier alpha value is -1.27. The van der Waals surface area contributed by atoms with Crippen LogP contribution in [0.25, 0.3) is 0 Å². The molecule has 0 aromatic heterocycles. The fraction of sp³-hybridized carbons (Fsp3) is 0.857. The number of carbonyl (C=O) groups is 2. The summed E-state index contributed by atoms with van der Waals surface area (Å²) in [5, 5.41) is 0. The second-order valence-corrected chi connectivity index (χ2v) is 5.88. The van der Waals surface area contributed by atoms with E-state index in [1.807, 2.05) is 0 Å². The van der Waals surface area contributed by atoms with Gasteiger partial charge in [0.1, 0.15) is 12.1 Å². The summed E-state index contributed by atoms with van der Waals surface area (Å²) in [6.07, 6.45) is -2.84. The average molecular weight is 306 g/mol. The first kappa shape index (κ1) is 16.1. The molecule has 120 valence electrons. The van der Waals surface area contributed by atoms with Crippen molar-refractivity contribution < 1.29 is 22.8 Å². The SMILES string of the molecule is CCC1C(=O)N2CCCCC2C(=O)N1C(C)CC(F)(F)F. The number of alkyl halides is 3. The molecule has 2 amide bonds. The first-order chi connectivity index (χ1) is 9.76. The Morgan fingerprint density at radius 3 is 2.48 bits per heavy atom. The predicted octanol–water partition coefficient (Wildman–Crippen LogP) is 2.33. The molecule has 2 heterocycles. The Morgan fingerprint density at radius 1 is 1.24 bits per heavy atom. The van der Waals surface area contributed by atoms with Crippen molar-refractivity contribution in [2.75, 3.05) is 6.54 Å². The van der Waals surface area contributed by atoms with E-state index in [9.17, 15) is 22.8 Å². The van der Waals surface area contributed by atoms with Crippen LogP contribution in [-0.4, -0.2) is 52.5 Å². The van der Waals surface area contributed by atoms with E-state index in [0.29, 0.717) is 19.4 Å². The zero-order valence-electron chi connectivity index (χ0n) is 12.3. The highest BCUT2D eigenvalue weighted by molar-refractivity contribution is 5.97. The molecule has 21 heavy (non-hydrogen) atoms. The standard InChI is InChI=1S/C14H21F3N2O2/c1-3-10-12(20)18-7-5-4-6-11(18)13(21)19(10)9(2)8-14(15,16)17/h9-11H,3-8H2,1-2H3. The molecule has 0 bridgehead atoms. The number of nitrogens with zero attached hydrogens (tertiary/aromatic N) is 2. The summed E-state index contributed by atoms with van der Waals surface area (Å²) in [5.41, 5.74) is 0. The largest absolute Gasteiger partial charge is 0.391 e. The third kappa shape index (κ3) is 3.16. The molecule has 2 aliphatic heterocycles. The van der Waals surface area contributed by atoms with Gasteiger partial charge in [-0.2, -0.15) is 13.2 Å².